The number of amides is 3. The van der Waals surface area contributed by atoms with Crippen LogP contribution in [0.15, 0.2) is 30.3 Å². The Morgan fingerprint density at radius 2 is 1.82 bits per heavy atom. The van der Waals surface area contributed by atoms with Gasteiger partial charge in [0.05, 0.1) is 27.9 Å². The number of hydrogen-bond acceptors (Lipinski definition) is 4. The number of nitrogens with one attached hydrogen (secondary N) is 3. The van der Waals surface area contributed by atoms with Gasteiger partial charge in [-0.15, -0.1) is 23.2 Å². The van der Waals surface area contributed by atoms with Gasteiger partial charge in [0.2, 0.25) is 11.8 Å². The molecule has 0 bridgehead atoms. The van der Waals surface area contributed by atoms with Gasteiger partial charge in [0.15, 0.2) is 5.82 Å². The smallest absolute Gasteiger partial charge is 0.257 e. The van der Waals surface area contributed by atoms with Crippen molar-refractivity contribution in [2.45, 2.75) is 17.7 Å². The summed E-state index contributed by atoms with van der Waals surface area (Å²) in [5.74, 6) is -3.83. The van der Waals surface area contributed by atoms with Crippen molar-refractivity contribution < 1.29 is 23.2 Å². The Labute approximate surface area is 207 Å². The standard InChI is InChI=1S/C21H18Cl3F2N3O3S/c1-2-33-9-16(30)29-18-14(25)5-6-15(17(18)26)28-19(31)11-7-10(3-4-13(11)22)27-20(32)12-8-21(12,23)24/h3-7,12H,2,8-9H2,1H3,(H,27,32)(H,28,31)(H,29,30). The van der Waals surface area contributed by atoms with E-state index in [0.29, 0.717) is 12.2 Å². The molecule has 2 aromatic rings. The molecule has 0 radical (unpaired) electrons. The molecule has 1 saturated carbocycles. The van der Waals surface area contributed by atoms with Gasteiger partial charge in [-0.1, -0.05) is 18.5 Å². The third kappa shape index (κ3) is 6.29. The molecule has 3 N–H and O–H groups in total. The van der Waals surface area contributed by atoms with Crippen molar-refractivity contribution in [1.29, 1.82) is 0 Å². The largest absolute Gasteiger partial charge is 0.326 e. The summed E-state index contributed by atoms with van der Waals surface area (Å²) in [5, 5.41) is 7.11. The van der Waals surface area contributed by atoms with Gasteiger partial charge in [0, 0.05) is 5.69 Å². The summed E-state index contributed by atoms with van der Waals surface area (Å²) >= 11 is 19.2. The van der Waals surface area contributed by atoms with E-state index in [1.807, 2.05) is 6.92 Å². The molecule has 2 aromatic carbocycles. The van der Waals surface area contributed by atoms with Gasteiger partial charge in [0.25, 0.3) is 5.91 Å². The monoisotopic (exact) mass is 535 g/mol. The molecule has 1 aliphatic carbocycles. The van der Waals surface area contributed by atoms with E-state index in [-0.39, 0.29) is 27.7 Å². The van der Waals surface area contributed by atoms with Gasteiger partial charge in [-0.05, 0) is 42.5 Å². The Balaban J connectivity index is 1.76. The number of halogens is 5. The number of carbonyl (C=O) groups is 3. The van der Waals surface area contributed by atoms with Crippen LogP contribution in [0.3, 0.4) is 0 Å². The molecule has 176 valence electrons. The van der Waals surface area contributed by atoms with Crippen molar-refractivity contribution in [3.8, 4) is 0 Å². The molecule has 3 amide bonds. The molecule has 12 heteroatoms. The van der Waals surface area contributed by atoms with Crippen LogP contribution in [0.4, 0.5) is 25.8 Å². The summed E-state index contributed by atoms with van der Waals surface area (Å²) in [6.45, 7) is 1.84. The van der Waals surface area contributed by atoms with Crippen LogP contribution in [0.25, 0.3) is 0 Å². The second-order valence-electron chi connectivity index (χ2n) is 7.12. The van der Waals surface area contributed by atoms with E-state index in [1.165, 1.54) is 30.0 Å². The number of anilines is 3. The quantitative estimate of drug-likeness (QED) is 0.378. The number of carbonyl (C=O) groups excluding carboxylic acids is 3. The first-order chi connectivity index (χ1) is 15.5. The summed E-state index contributed by atoms with van der Waals surface area (Å²) in [6.07, 6.45) is 0.308. The molecule has 0 aliphatic heterocycles. The van der Waals surface area contributed by atoms with E-state index in [1.54, 1.807) is 0 Å². The molecule has 33 heavy (non-hydrogen) atoms. The SMILES string of the molecule is CCSCC(=O)Nc1c(F)ccc(NC(=O)c2cc(NC(=O)C3CC3(Cl)Cl)ccc2Cl)c1F. The normalized spacial score (nSPS) is 16.1. The van der Waals surface area contributed by atoms with Crippen LogP contribution in [0.1, 0.15) is 23.7 Å². The Morgan fingerprint density at radius 3 is 2.45 bits per heavy atom. The van der Waals surface area contributed by atoms with E-state index >= 15 is 0 Å². The van der Waals surface area contributed by atoms with Crippen molar-refractivity contribution in [1.82, 2.24) is 0 Å². The first-order valence-corrected chi connectivity index (χ1v) is 12.0. The summed E-state index contributed by atoms with van der Waals surface area (Å²) in [7, 11) is 0. The van der Waals surface area contributed by atoms with Crippen molar-refractivity contribution >= 4 is 81.3 Å². The lowest BCUT2D eigenvalue weighted by Gasteiger charge is -2.13. The van der Waals surface area contributed by atoms with E-state index in [4.69, 9.17) is 34.8 Å². The zero-order valence-electron chi connectivity index (χ0n) is 17.1. The van der Waals surface area contributed by atoms with Crippen LogP contribution in [0.2, 0.25) is 5.02 Å². The maximum absolute atomic E-state index is 14.8. The summed E-state index contributed by atoms with van der Waals surface area (Å²) < 4.78 is 27.8. The fraction of sp³-hybridized carbons (Fsp3) is 0.286. The Kier molecular flexibility index (Phi) is 8.10. The summed E-state index contributed by atoms with van der Waals surface area (Å²) in [5.41, 5.74) is -0.845. The van der Waals surface area contributed by atoms with Gasteiger partial charge >= 0.3 is 0 Å². The van der Waals surface area contributed by atoms with Crippen LogP contribution in [-0.4, -0.2) is 33.6 Å². The third-order valence-electron chi connectivity index (χ3n) is 4.66. The lowest BCUT2D eigenvalue weighted by molar-refractivity contribution is -0.117. The van der Waals surface area contributed by atoms with Crippen LogP contribution in [-0.2, 0) is 9.59 Å². The van der Waals surface area contributed by atoms with Gasteiger partial charge in [0.1, 0.15) is 15.8 Å². The fourth-order valence-electron chi connectivity index (χ4n) is 2.83. The van der Waals surface area contributed by atoms with Gasteiger partial charge in [-0.25, -0.2) is 8.78 Å². The summed E-state index contributed by atoms with van der Waals surface area (Å²) in [6, 6.07) is 6.09. The second-order valence-corrected chi connectivity index (χ2v) is 10.3. The van der Waals surface area contributed by atoms with Crippen LogP contribution in [0, 0.1) is 17.6 Å². The molecule has 3 rings (SSSR count). The zero-order chi connectivity index (χ0) is 24.3. The van der Waals surface area contributed by atoms with Gasteiger partial charge in [-0.3, -0.25) is 14.4 Å². The topological polar surface area (TPSA) is 87.3 Å². The van der Waals surface area contributed by atoms with E-state index < -0.39 is 45.3 Å². The highest BCUT2D eigenvalue weighted by atomic mass is 35.5. The van der Waals surface area contributed by atoms with Crippen LogP contribution in [0.5, 0.6) is 0 Å². The molecule has 0 aromatic heterocycles. The molecular weight excluding hydrogens is 519 g/mol. The van der Waals surface area contributed by atoms with E-state index in [0.717, 1.165) is 12.1 Å². The predicted octanol–water partition coefficient (Wildman–Crippen LogP) is 5.69. The number of alkyl halides is 2. The first-order valence-electron chi connectivity index (χ1n) is 9.68. The van der Waals surface area contributed by atoms with Crippen LogP contribution >= 0.6 is 46.6 Å². The van der Waals surface area contributed by atoms with E-state index in [2.05, 4.69) is 16.0 Å². The highest BCUT2D eigenvalue weighted by Crippen LogP contribution is 2.53. The number of thioether (sulfide) groups is 1. The van der Waals surface area contributed by atoms with Crippen molar-refractivity contribution in [3.63, 3.8) is 0 Å². The average molecular weight is 537 g/mol. The Hall–Kier alpha value is -2.07. The number of hydrogen-bond donors (Lipinski definition) is 3. The minimum atomic E-state index is -1.15. The maximum atomic E-state index is 14.8. The average Bonchev–Trinajstić information content (AvgIpc) is 3.41. The molecule has 0 saturated heterocycles. The molecule has 0 spiro atoms. The first kappa shape index (κ1) is 25.6. The zero-order valence-corrected chi connectivity index (χ0v) is 20.2. The van der Waals surface area contributed by atoms with Crippen molar-refractivity contribution in [2.75, 3.05) is 27.5 Å². The minimum Gasteiger partial charge on any atom is -0.326 e. The predicted molar refractivity (Wildman–Crippen MR) is 129 cm³/mol. The molecular formula is C21H18Cl3F2N3O3S. The Morgan fingerprint density at radius 1 is 1.12 bits per heavy atom. The molecule has 1 atom stereocenters. The van der Waals surface area contributed by atoms with Gasteiger partial charge < -0.3 is 16.0 Å². The molecule has 1 aliphatic rings. The number of benzene rings is 2. The lowest BCUT2D eigenvalue weighted by atomic mass is 10.1. The highest BCUT2D eigenvalue weighted by molar-refractivity contribution is 7.99. The van der Waals surface area contributed by atoms with Crippen molar-refractivity contribution in [2.24, 2.45) is 5.92 Å². The lowest BCUT2D eigenvalue weighted by Crippen LogP contribution is -2.19. The number of rotatable bonds is 8. The second kappa shape index (κ2) is 10.5. The molecule has 0 heterocycles. The summed E-state index contributed by atoms with van der Waals surface area (Å²) in [4.78, 5) is 36.8. The highest BCUT2D eigenvalue weighted by Gasteiger charge is 2.56. The maximum Gasteiger partial charge on any atom is 0.257 e. The van der Waals surface area contributed by atoms with E-state index in [9.17, 15) is 23.2 Å². The van der Waals surface area contributed by atoms with Crippen molar-refractivity contribution in [3.05, 3.63) is 52.6 Å². The van der Waals surface area contributed by atoms with Crippen LogP contribution < -0.4 is 16.0 Å². The fourth-order valence-corrected chi connectivity index (χ4v) is 4.00. The minimum absolute atomic E-state index is 0.0233. The Bertz CT molecular complexity index is 1120. The molecule has 6 nitrogen and oxygen atoms in total. The van der Waals surface area contributed by atoms with Gasteiger partial charge in [-0.2, -0.15) is 11.8 Å². The molecule has 1 fully saturated rings. The molecule has 1 unspecified atom stereocenters. The third-order valence-corrected chi connectivity index (χ3v) is 6.70.